The van der Waals surface area contributed by atoms with Crippen LogP contribution in [0, 0.1) is 6.92 Å². The number of aromatic nitrogens is 2. The van der Waals surface area contributed by atoms with Crippen LogP contribution >= 0.6 is 11.3 Å². The Morgan fingerprint density at radius 2 is 1.96 bits per heavy atom. The fourth-order valence-electron chi connectivity index (χ4n) is 2.42. The van der Waals surface area contributed by atoms with E-state index in [-0.39, 0.29) is 18.4 Å². The van der Waals surface area contributed by atoms with Crippen LogP contribution in [0.25, 0.3) is 10.2 Å². The molecule has 0 saturated heterocycles. The summed E-state index contributed by atoms with van der Waals surface area (Å²) in [7, 11) is 5.22. The van der Waals surface area contributed by atoms with Crippen molar-refractivity contribution in [3.05, 3.63) is 40.9 Å². The van der Waals surface area contributed by atoms with Crippen LogP contribution in [0.3, 0.4) is 0 Å². The molecule has 26 heavy (non-hydrogen) atoms. The highest BCUT2D eigenvalue weighted by Crippen LogP contribution is 2.28. The highest BCUT2D eigenvalue weighted by molar-refractivity contribution is 7.20. The van der Waals surface area contributed by atoms with Gasteiger partial charge in [-0.15, -0.1) is 11.3 Å². The molecule has 0 aliphatic heterocycles. The highest BCUT2D eigenvalue weighted by Gasteiger charge is 2.15. The lowest BCUT2D eigenvalue weighted by atomic mass is 10.2. The largest absolute Gasteiger partial charge is 0.484 e. The van der Waals surface area contributed by atoms with E-state index in [1.54, 1.807) is 43.0 Å². The normalized spacial score (nSPS) is 10.8. The van der Waals surface area contributed by atoms with Crippen LogP contribution in [-0.2, 0) is 11.8 Å². The van der Waals surface area contributed by atoms with Crippen LogP contribution in [0.15, 0.2) is 30.3 Å². The lowest BCUT2D eigenvalue weighted by Gasteiger charge is -2.11. The first-order valence-corrected chi connectivity index (χ1v) is 8.84. The van der Waals surface area contributed by atoms with Gasteiger partial charge in [0.25, 0.3) is 11.8 Å². The molecule has 7 nitrogen and oxygen atoms in total. The predicted molar refractivity (Wildman–Crippen MR) is 102 cm³/mol. The Labute approximate surface area is 155 Å². The summed E-state index contributed by atoms with van der Waals surface area (Å²) < 4.78 is 7.20. The first kappa shape index (κ1) is 17.9. The van der Waals surface area contributed by atoms with Gasteiger partial charge >= 0.3 is 0 Å². The molecule has 0 unspecified atom stereocenters. The Bertz CT molecular complexity index is 922. The number of amides is 2. The molecule has 0 fully saturated rings. The van der Waals surface area contributed by atoms with E-state index in [4.69, 9.17) is 4.74 Å². The average Bonchev–Trinajstić information content (AvgIpc) is 3.16. The number of likely N-dealkylation sites (N-methyl/N-ethyl adjacent to an activating group) is 1. The van der Waals surface area contributed by atoms with Crippen molar-refractivity contribution in [1.82, 2.24) is 14.7 Å². The van der Waals surface area contributed by atoms with Crippen molar-refractivity contribution in [2.24, 2.45) is 7.05 Å². The summed E-state index contributed by atoms with van der Waals surface area (Å²) in [4.78, 5) is 27.1. The van der Waals surface area contributed by atoms with Crippen molar-refractivity contribution in [2.45, 2.75) is 6.92 Å². The summed E-state index contributed by atoms with van der Waals surface area (Å²) >= 11 is 1.41. The lowest BCUT2D eigenvalue weighted by Crippen LogP contribution is -2.27. The quantitative estimate of drug-likeness (QED) is 0.747. The Balaban J connectivity index is 1.65. The molecule has 1 aromatic carbocycles. The van der Waals surface area contributed by atoms with Gasteiger partial charge in [0, 0.05) is 32.2 Å². The van der Waals surface area contributed by atoms with Crippen LogP contribution in [0.4, 0.5) is 5.69 Å². The maximum atomic E-state index is 12.5. The molecule has 2 aromatic heterocycles. The van der Waals surface area contributed by atoms with E-state index in [0.717, 1.165) is 15.9 Å². The minimum atomic E-state index is -0.165. The first-order valence-electron chi connectivity index (χ1n) is 8.02. The van der Waals surface area contributed by atoms with Crippen molar-refractivity contribution in [3.8, 4) is 5.75 Å². The Hall–Kier alpha value is -2.87. The maximum absolute atomic E-state index is 12.5. The van der Waals surface area contributed by atoms with E-state index >= 15 is 0 Å². The van der Waals surface area contributed by atoms with Crippen molar-refractivity contribution >= 4 is 39.1 Å². The number of thiophene rings is 1. The molecule has 136 valence electrons. The molecular formula is C18H20N4O3S. The van der Waals surface area contributed by atoms with E-state index in [1.807, 2.05) is 20.0 Å². The number of ether oxygens (including phenoxy) is 1. The second kappa shape index (κ2) is 7.17. The summed E-state index contributed by atoms with van der Waals surface area (Å²) in [5.74, 6) is 0.292. The lowest BCUT2D eigenvalue weighted by molar-refractivity contribution is -0.130. The molecule has 0 aliphatic carbocycles. The number of aryl methyl sites for hydroxylation is 2. The van der Waals surface area contributed by atoms with Crippen LogP contribution in [-0.4, -0.2) is 47.2 Å². The zero-order chi connectivity index (χ0) is 18.8. The predicted octanol–water partition coefficient (Wildman–Crippen LogP) is 2.66. The number of fused-ring (bicyclic) bond motifs is 1. The third kappa shape index (κ3) is 3.70. The Morgan fingerprint density at radius 1 is 1.27 bits per heavy atom. The van der Waals surface area contributed by atoms with E-state index in [2.05, 4.69) is 10.4 Å². The molecule has 1 N–H and O–H groups in total. The number of rotatable bonds is 5. The summed E-state index contributed by atoms with van der Waals surface area (Å²) in [5, 5.41) is 8.21. The van der Waals surface area contributed by atoms with Crippen LogP contribution < -0.4 is 10.1 Å². The summed E-state index contributed by atoms with van der Waals surface area (Å²) in [6, 6.07) is 8.79. The monoisotopic (exact) mass is 372 g/mol. The third-order valence-corrected chi connectivity index (χ3v) is 5.09. The van der Waals surface area contributed by atoms with Crippen molar-refractivity contribution in [3.63, 3.8) is 0 Å². The zero-order valence-corrected chi connectivity index (χ0v) is 15.9. The molecule has 3 aromatic rings. The third-order valence-electron chi connectivity index (χ3n) is 3.89. The number of benzene rings is 1. The van der Waals surface area contributed by atoms with Crippen LogP contribution in [0.5, 0.6) is 5.75 Å². The van der Waals surface area contributed by atoms with Gasteiger partial charge in [-0.05, 0) is 37.3 Å². The molecule has 0 saturated carbocycles. The van der Waals surface area contributed by atoms with Crippen LogP contribution in [0.1, 0.15) is 15.4 Å². The van der Waals surface area contributed by atoms with Gasteiger partial charge in [-0.25, -0.2) is 0 Å². The molecule has 2 heterocycles. The Kier molecular flexibility index (Phi) is 4.94. The second-order valence-electron chi connectivity index (χ2n) is 6.09. The van der Waals surface area contributed by atoms with Gasteiger partial charge in [-0.3, -0.25) is 14.3 Å². The van der Waals surface area contributed by atoms with E-state index in [0.29, 0.717) is 16.3 Å². The van der Waals surface area contributed by atoms with E-state index < -0.39 is 0 Å². The number of carbonyl (C=O) groups excluding carboxylic acids is 2. The molecule has 3 rings (SSSR count). The SMILES string of the molecule is Cc1nn(C)c2sc(C(=O)Nc3ccc(OCC(=O)N(C)C)cc3)cc12. The Morgan fingerprint density at radius 3 is 2.58 bits per heavy atom. The molecule has 8 heteroatoms. The van der Waals surface area contributed by atoms with Gasteiger partial charge < -0.3 is 15.0 Å². The summed E-state index contributed by atoms with van der Waals surface area (Å²) in [6.07, 6.45) is 0. The summed E-state index contributed by atoms with van der Waals surface area (Å²) in [6.45, 7) is 1.91. The molecule has 0 atom stereocenters. The minimum Gasteiger partial charge on any atom is -0.484 e. The standard InChI is InChI=1S/C18H20N4O3S/c1-11-14-9-15(26-18(14)22(4)20-11)17(24)19-12-5-7-13(8-6-12)25-10-16(23)21(2)3/h5-9H,10H2,1-4H3,(H,19,24). The second-order valence-corrected chi connectivity index (χ2v) is 7.12. The van der Waals surface area contributed by atoms with Crippen LogP contribution in [0.2, 0.25) is 0 Å². The molecule has 0 aliphatic rings. The smallest absolute Gasteiger partial charge is 0.265 e. The molecule has 2 amide bonds. The average molecular weight is 372 g/mol. The number of hydrogen-bond donors (Lipinski definition) is 1. The van der Waals surface area contributed by atoms with E-state index in [9.17, 15) is 9.59 Å². The van der Waals surface area contributed by atoms with Crippen molar-refractivity contribution in [1.29, 1.82) is 0 Å². The van der Waals surface area contributed by atoms with Gasteiger partial charge in [-0.1, -0.05) is 0 Å². The highest BCUT2D eigenvalue weighted by atomic mass is 32.1. The van der Waals surface area contributed by atoms with Gasteiger partial charge in [0.15, 0.2) is 6.61 Å². The fraction of sp³-hybridized carbons (Fsp3) is 0.278. The number of carbonyl (C=O) groups is 2. The van der Waals surface area contributed by atoms with Crippen molar-refractivity contribution < 1.29 is 14.3 Å². The topological polar surface area (TPSA) is 76.5 Å². The minimum absolute atomic E-state index is 0.0200. The number of nitrogens with zero attached hydrogens (tertiary/aromatic N) is 3. The molecule has 0 radical (unpaired) electrons. The van der Waals surface area contributed by atoms with Crippen molar-refractivity contribution in [2.75, 3.05) is 26.0 Å². The number of nitrogens with one attached hydrogen (secondary N) is 1. The molecule has 0 bridgehead atoms. The molecular weight excluding hydrogens is 352 g/mol. The maximum Gasteiger partial charge on any atom is 0.265 e. The van der Waals surface area contributed by atoms with E-state index in [1.165, 1.54) is 16.2 Å². The van der Waals surface area contributed by atoms with Gasteiger partial charge in [-0.2, -0.15) is 5.10 Å². The first-order chi connectivity index (χ1) is 12.3. The van der Waals surface area contributed by atoms with Gasteiger partial charge in [0.05, 0.1) is 10.6 Å². The fourth-order valence-corrected chi connectivity index (χ4v) is 3.44. The molecule has 0 spiro atoms. The zero-order valence-electron chi connectivity index (χ0n) is 15.1. The number of hydrogen-bond acceptors (Lipinski definition) is 5. The summed E-state index contributed by atoms with van der Waals surface area (Å²) in [5.41, 5.74) is 1.57. The van der Waals surface area contributed by atoms with Gasteiger partial charge in [0.2, 0.25) is 0 Å². The number of anilines is 1. The van der Waals surface area contributed by atoms with Gasteiger partial charge in [0.1, 0.15) is 10.6 Å².